The normalized spacial score (nSPS) is 20.4. The summed E-state index contributed by atoms with van der Waals surface area (Å²) in [6.45, 7) is 0.967. The van der Waals surface area contributed by atoms with Crippen LogP contribution < -0.4 is 9.64 Å². The van der Waals surface area contributed by atoms with Gasteiger partial charge < -0.3 is 24.4 Å². The van der Waals surface area contributed by atoms with E-state index in [9.17, 15) is 22.7 Å². The largest absolute Gasteiger partial charge is 0.479 e. The number of anilines is 1. The number of alkyl halides is 3. The van der Waals surface area contributed by atoms with Crippen molar-refractivity contribution < 1.29 is 67.6 Å². The molecular weight excluding hydrogens is 825 g/mol. The van der Waals surface area contributed by atoms with Crippen molar-refractivity contribution in [3.05, 3.63) is 48.4 Å². The smallest absolute Gasteiger partial charge is 0.316 e. The molecule has 3 fully saturated rings. The summed E-state index contributed by atoms with van der Waals surface area (Å²) in [5.41, 5.74) is -0.458. The molecule has 1 aromatic carbocycles. The van der Waals surface area contributed by atoms with Crippen LogP contribution in [0.4, 0.5) is 27.8 Å². The Bertz CT molecular complexity index is 1640. The number of benzene rings is 1. The third-order valence-corrected chi connectivity index (χ3v) is 8.01. The molecular formula is C30H30F5N6O3U-. The summed E-state index contributed by atoms with van der Waals surface area (Å²) in [5, 5.41) is 10.8. The van der Waals surface area contributed by atoms with Gasteiger partial charge in [0.15, 0.2) is 17.4 Å². The van der Waals surface area contributed by atoms with Crippen molar-refractivity contribution in [2.45, 2.75) is 25.4 Å². The minimum Gasteiger partial charge on any atom is -0.479 e. The summed E-state index contributed by atoms with van der Waals surface area (Å²) in [5.74, 6) is -2.42. The molecule has 3 aromatic heterocycles. The Labute approximate surface area is 279 Å². The Balaban J connectivity index is 0.000000341. The molecule has 0 unspecified atom stereocenters. The average Bonchev–Trinajstić information content (AvgIpc) is 3.50. The SMILES string of the molecule is F[C@@H]1C[C-]2CCCN2C1.Oc1nc(N2CCOC[C@@H](CF)C2)c2cnc(-c3cncc4ccc(F)c(OCF)c34)c(F)c2n1.[U]. The van der Waals surface area contributed by atoms with Crippen LogP contribution in [0.2, 0.25) is 0 Å². The molecule has 0 aliphatic carbocycles. The van der Waals surface area contributed by atoms with Crippen LogP contribution in [0.1, 0.15) is 19.3 Å². The Kier molecular flexibility index (Phi) is 10.9. The summed E-state index contributed by atoms with van der Waals surface area (Å²) in [7, 11) is 0. The van der Waals surface area contributed by atoms with Gasteiger partial charge in [-0.3, -0.25) is 14.4 Å². The first kappa shape index (κ1) is 33.5. The van der Waals surface area contributed by atoms with Crippen molar-refractivity contribution in [2.75, 3.05) is 57.8 Å². The molecule has 4 aromatic rings. The van der Waals surface area contributed by atoms with E-state index in [-0.39, 0.29) is 77.6 Å². The van der Waals surface area contributed by atoms with Crippen LogP contribution >= 0.6 is 0 Å². The van der Waals surface area contributed by atoms with E-state index >= 15 is 4.39 Å². The van der Waals surface area contributed by atoms with Crippen molar-refractivity contribution in [3.63, 3.8) is 0 Å². The molecule has 7 rings (SSSR count). The second kappa shape index (κ2) is 14.7. The van der Waals surface area contributed by atoms with Crippen LogP contribution in [0.5, 0.6) is 11.8 Å². The molecule has 0 amide bonds. The predicted octanol–water partition coefficient (Wildman–Crippen LogP) is 5.31. The van der Waals surface area contributed by atoms with Gasteiger partial charge in [-0.05, 0) is 25.2 Å². The van der Waals surface area contributed by atoms with E-state index in [1.54, 1.807) is 4.90 Å². The number of nitrogens with zero attached hydrogens (tertiary/aromatic N) is 6. The molecule has 3 aliphatic rings. The molecule has 3 saturated heterocycles. The van der Waals surface area contributed by atoms with Crippen molar-refractivity contribution in [1.29, 1.82) is 0 Å². The quantitative estimate of drug-likeness (QED) is 0.212. The van der Waals surface area contributed by atoms with Gasteiger partial charge in [0.05, 0.1) is 31.4 Å². The second-order valence-corrected chi connectivity index (χ2v) is 10.9. The molecule has 0 saturated carbocycles. The van der Waals surface area contributed by atoms with E-state index in [1.807, 2.05) is 0 Å². The number of rotatable bonds is 5. The number of hydrogen-bond acceptors (Lipinski definition) is 9. The number of fused-ring (bicyclic) bond motifs is 3. The van der Waals surface area contributed by atoms with Gasteiger partial charge in [0.2, 0.25) is 6.86 Å². The van der Waals surface area contributed by atoms with Crippen molar-refractivity contribution in [2.24, 2.45) is 5.92 Å². The Morgan fingerprint density at radius 3 is 2.71 bits per heavy atom. The van der Waals surface area contributed by atoms with E-state index in [2.05, 4.69) is 24.8 Å². The third-order valence-electron chi connectivity index (χ3n) is 8.01. The maximum Gasteiger partial charge on any atom is 0.316 e. The van der Waals surface area contributed by atoms with Gasteiger partial charge in [0, 0.05) is 85.0 Å². The number of halogens is 5. The third kappa shape index (κ3) is 6.96. The van der Waals surface area contributed by atoms with Gasteiger partial charge in [0.25, 0.3) is 0 Å². The molecule has 0 radical (unpaired) electrons. The van der Waals surface area contributed by atoms with Gasteiger partial charge in [0.1, 0.15) is 17.0 Å². The standard InChI is InChI=1S/C23H19F4N5O3.C7H11FN.U/c24-5-12-9-32(3-4-34-10-12)22-15-8-29-19(18(27)20(15)30-23(33)31-22)14-7-28-6-13-1-2-16(26)21(17(13)14)35-11-25;8-6-4-7-2-1-3-9(7)5-6;/h1-2,6-8,12H,3-5,9-11H2,(H,30,31,33);6H,1-5H2;/q;-1;/t12-;6-;/m01./s1. The van der Waals surface area contributed by atoms with Crippen molar-refractivity contribution in [3.8, 4) is 23.0 Å². The van der Waals surface area contributed by atoms with Crippen LogP contribution in [0, 0.1) is 54.7 Å². The Morgan fingerprint density at radius 1 is 1.09 bits per heavy atom. The first-order chi connectivity index (χ1) is 21.4. The molecule has 1 N–H and O–H groups in total. The fourth-order valence-corrected chi connectivity index (χ4v) is 6.02. The minimum atomic E-state index is -1.30. The number of aromatic hydroxyl groups is 1. The summed E-state index contributed by atoms with van der Waals surface area (Å²) in [6, 6.07) is 3.17. The van der Waals surface area contributed by atoms with Crippen LogP contribution in [0.15, 0.2) is 30.7 Å². The fourth-order valence-electron chi connectivity index (χ4n) is 6.02. The Morgan fingerprint density at radius 2 is 1.93 bits per heavy atom. The molecule has 0 bridgehead atoms. The van der Waals surface area contributed by atoms with Crippen molar-refractivity contribution in [1.82, 2.24) is 24.8 Å². The molecule has 15 heteroatoms. The maximum absolute atomic E-state index is 15.8. The molecule has 2 atom stereocenters. The van der Waals surface area contributed by atoms with E-state index in [0.717, 1.165) is 25.5 Å². The Hall–Kier alpha value is -2.86. The van der Waals surface area contributed by atoms with Crippen LogP contribution in [-0.2, 0) is 4.74 Å². The van der Waals surface area contributed by atoms with E-state index in [4.69, 9.17) is 9.47 Å². The van der Waals surface area contributed by atoms with Gasteiger partial charge in [-0.2, -0.15) is 16.4 Å². The number of pyridine rings is 2. The topological polar surface area (TPSA) is 96.7 Å². The zero-order valence-corrected chi connectivity index (χ0v) is 28.3. The molecule has 6 heterocycles. The summed E-state index contributed by atoms with van der Waals surface area (Å²) >= 11 is 0. The molecule has 45 heavy (non-hydrogen) atoms. The fraction of sp³-hybridized carbons (Fsp3) is 0.433. The number of ether oxygens (including phenoxy) is 2. The van der Waals surface area contributed by atoms with Gasteiger partial charge in [-0.25, -0.2) is 23.6 Å². The van der Waals surface area contributed by atoms with Gasteiger partial charge >= 0.3 is 6.01 Å². The van der Waals surface area contributed by atoms with E-state index in [0.29, 0.717) is 25.1 Å². The minimum absolute atomic E-state index is 0. The van der Waals surface area contributed by atoms with Crippen LogP contribution in [0.3, 0.4) is 0 Å². The molecule has 3 aliphatic heterocycles. The first-order valence-corrected chi connectivity index (χ1v) is 14.3. The van der Waals surface area contributed by atoms with E-state index in [1.165, 1.54) is 37.1 Å². The van der Waals surface area contributed by atoms with Gasteiger partial charge in [-0.1, -0.05) is 6.42 Å². The molecule has 0 spiro atoms. The predicted molar refractivity (Wildman–Crippen MR) is 152 cm³/mol. The van der Waals surface area contributed by atoms with Crippen molar-refractivity contribution >= 4 is 27.5 Å². The maximum atomic E-state index is 15.8. The average molecular weight is 856 g/mol. The number of hydrogen-bond donors (Lipinski definition) is 1. The summed E-state index contributed by atoms with van der Waals surface area (Å²) < 4.78 is 79.5. The van der Waals surface area contributed by atoms with Crippen LogP contribution in [-0.4, -0.2) is 89.0 Å². The number of aromatic nitrogens is 4. The molecule has 238 valence electrons. The monoisotopic (exact) mass is 855 g/mol. The van der Waals surface area contributed by atoms with Gasteiger partial charge in [-0.15, -0.1) is 6.42 Å². The molecule has 9 nitrogen and oxygen atoms in total. The zero-order chi connectivity index (χ0) is 30.8. The van der Waals surface area contributed by atoms with Crippen LogP contribution in [0.25, 0.3) is 32.9 Å². The first-order valence-electron chi connectivity index (χ1n) is 14.3. The summed E-state index contributed by atoms with van der Waals surface area (Å²) in [4.78, 5) is 20.1. The van der Waals surface area contributed by atoms with E-state index < -0.39 is 49.0 Å². The summed E-state index contributed by atoms with van der Waals surface area (Å²) in [6.07, 6.45) is 6.54. The second-order valence-electron chi connectivity index (χ2n) is 10.9. The zero-order valence-electron chi connectivity index (χ0n) is 24.2.